The van der Waals surface area contributed by atoms with Crippen LogP contribution in [-0.2, 0) is 20.2 Å². The van der Waals surface area contributed by atoms with E-state index in [0.29, 0.717) is 12.8 Å². The van der Waals surface area contributed by atoms with Crippen molar-refractivity contribution in [1.29, 1.82) is 0 Å². The van der Waals surface area contributed by atoms with Gasteiger partial charge in [-0.1, -0.05) is 66.6 Å². The number of hydrazine groups is 1. The Bertz CT molecular complexity index is 1290. The van der Waals surface area contributed by atoms with E-state index >= 15 is 0 Å². The Morgan fingerprint density at radius 1 is 0.848 bits per heavy atom. The smallest absolute Gasteiger partial charge is 0.269 e. The molecule has 4 rings (SSSR count). The summed E-state index contributed by atoms with van der Waals surface area (Å²) in [7, 11) is -3.98. The number of carbonyl (C=O) groups is 2. The molecule has 0 bridgehead atoms. The van der Waals surface area contributed by atoms with Crippen LogP contribution in [0.5, 0.6) is 0 Å². The highest BCUT2D eigenvalue weighted by atomic mass is 35.5. The van der Waals surface area contributed by atoms with Crippen molar-refractivity contribution in [2.75, 3.05) is 4.72 Å². The molecular weight excluding hydrogens is 462 g/mol. The number of sulfonamides is 1. The molecule has 170 valence electrons. The lowest BCUT2D eigenvalue weighted by Gasteiger charge is -2.40. The fraction of sp³-hybridized carbons (Fsp3) is 0.167. The van der Waals surface area contributed by atoms with Crippen LogP contribution >= 0.6 is 11.6 Å². The third-order valence-corrected chi connectivity index (χ3v) is 7.48. The predicted molar refractivity (Wildman–Crippen MR) is 126 cm³/mol. The average Bonchev–Trinajstić information content (AvgIpc) is 2.79. The number of benzene rings is 3. The van der Waals surface area contributed by atoms with Crippen LogP contribution in [0.15, 0.2) is 83.8 Å². The van der Waals surface area contributed by atoms with Crippen LogP contribution < -0.4 is 15.6 Å². The molecule has 0 heterocycles. The lowest BCUT2D eigenvalue weighted by Crippen LogP contribution is -2.54. The molecule has 1 saturated carbocycles. The molecule has 1 aliphatic rings. The number of carbonyl (C=O) groups excluding carboxylic acids is 2. The summed E-state index contributed by atoms with van der Waals surface area (Å²) in [5, 5.41) is 0.251. The van der Waals surface area contributed by atoms with Gasteiger partial charge in [0.25, 0.3) is 15.9 Å². The topological polar surface area (TPSA) is 104 Å². The van der Waals surface area contributed by atoms with Gasteiger partial charge >= 0.3 is 0 Å². The van der Waals surface area contributed by atoms with Gasteiger partial charge in [0.1, 0.15) is 0 Å². The van der Waals surface area contributed by atoms with Crippen LogP contribution in [0, 0.1) is 0 Å². The van der Waals surface area contributed by atoms with Crippen molar-refractivity contribution >= 4 is 39.1 Å². The van der Waals surface area contributed by atoms with Gasteiger partial charge in [0.15, 0.2) is 0 Å². The third kappa shape index (κ3) is 4.72. The number of rotatable bonds is 6. The van der Waals surface area contributed by atoms with E-state index in [4.69, 9.17) is 11.6 Å². The molecule has 3 aromatic carbocycles. The maximum atomic E-state index is 12.9. The number of nitrogens with one attached hydrogen (secondary N) is 3. The monoisotopic (exact) mass is 483 g/mol. The quantitative estimate of drug-likeness (QED) is 0.460. The molecule has 33 heavy (non-hydrogen) atoms. The summed E-state index contributed by atoms with van der Waals surface area (Å²) in [5.74, 6) is -0.918. The molecule has 0 atom stereocenters. The number of anilines is 1. The van der Waals surface area contributed by atoms with E-state index in [1.807, 2.05) is 30.3 Å². The number of hydrogen-bond acceptors (Lipinski definition) is 4. The van der Waals surface area contributed by atoms with E-state index in [1.165, 1.54) is 30.3 Å². The second kappa shape index (κ2) is 9.25. The summed E-state index contributed by atoms with van der Waals surface area (Å²) in [6, 6.07) is 21.4. The van der Waals surface area contributed by atoms with Crippen LogP contribution in [0.2, 0.25) is 5.02 Å². The first kappa shape index (κ1) is 22.8. The Morgan fingerprint density at radius 2 is 1.55 bits per heavy atom. The Balaban J connectivity index is 1.46. The molecule has 9 heteroatoms. The van der Waals surface area contributed by atoms with Crippen LogP contribution in [0.3, 0.4) is 0 Å². The standard InChI is InChI=1S/C24H22ClN3O4S/c25-20-12-4-5-13-21(20)28-33(31,32)19-11-6-8-17(16-19)22(29)26-27-23(30)24(14-7-15-24)18-9-2-1-3-10-18/h1-6,8-13,16,28H,7,14-15H2,(H,26,29)(H,27,30). The minimum atomic E-state index is -3.98. The van der Waals surface area contributed by atoms with E-state index in [2.05, 4.69) is 15.6 Å². The number of amides is 2. The molecule has 3 N–H and O–H groups in total. The average molecular weight is 484 g/mol. The van der Waals surface area contributed by atoms with Crippen molar-refractivity contribution < 1.29 is 18.0 Å². The first-order valence-electron chi connectivity index (χ1n) is 10.4. The van der Waals surface area contributed by atoms with Crippen LogP contribution in [0.1, 0.15) is 35.2 Å². The Hall–Kier alpha value is -3.36. The highest BCUT2D eigenvalue weighted by Crippen LogP contribution is 2.43. The van der Waals surface area contributed by atoms with Gasteiger partial charge in [-0.2, -0.15) is 0 Å². The number of para-hydroxylation sites is 1. The fourth-order valence-corrected chi connectivity index (χ4v) is 5.16. The summed E-state index contributed by atoms with van der Waals surface area (Å²) in [6.45, 7) is 0. The molecule has 1 fully saturated rings. The van der Waals surface area contributed by atoms with Crippen molar-refractivity contribution in [3.63, 3.8) is 0 Å². The number of hydrogen-bond donors (Lipinski definition) is 3. The zero-order chi connectivity index (χ0) is 23.5. The van der Waals surface area contributed by atoms with Crippen LogP contribution in [0.25, 0.3) is 0 Å². The summed E-state index contributed by atoms with van der Waals surface area (Å²) >= 11 is 6.04. The Labute approximate surface area is 197 Å². The van der Waals surface area contributed by atoms with Crippen molar-refractivity contribution in [3.8, 4) is 0 Å². The highest BCUT2D eigenvalue weighted by Gasteiger charge is 2.45. The van der Waals surface area contributed by atoms with E-state index in [0.717, 1.165) is 12.0 Å². The van der Waals surface area contributed by atoms with Crippen molar-refractivity contribution in [1.82, 2.24) is 10.9 Å². The Kier molecular flexibility index (Phi) is 6.40. The van der Waals surface area contributed by atoms with Gasteiger partial charge in [-0.15, -0.1) is 0 Å². The molecule has 0 saturated heterocycles. The number of halogens is 1. The largest absolute Gasteiger partial charge is 0.278 e. The maximum absolute atomic E-state index is 12.9. The molecule has 0 aliphatic heterocycles. The third-order valence-electron chi connectivity index (χ3n) is 5.78. The first-order chi connectivity index (χ1) is 15.8. The van der Waals surface area contributed by atoms with Gasteiger partial charge in [-0.25, -0.2) is 8.42 Å². The van der Waals surface area contributed by atoms with Crippen LogP contribution in [-0.4, -0.2) is 20.2 Å². The zero-order valence-electron chi connectivity index (χ0n) is 17.5. The van der Waals surface area contributed by atoms with Gasteiger partial charge in [-0.3, -0.25) is 25.2 Å². The van der Waals surface area contributed by atoms with E-state index < -0.39 is 21.3 Å². The molecule has 0 aromatic heterocycles. The van der Waals surface area contributed by atoms with Gasteiger partial charge < -0.3 is 0 Å². The molecule has 2 amide bonds. The first-order valence-corrected chi connectivity index (χ1v) is 12.2. The van der Waals surface area contributed by atoms with Crippen molar-refractivity contribution in [3.05, 3.63) is 95.0 Å². The van der Waals surface area contributed by atoms with Crippen molar-refractivity contribution in [2.24, 2.45) is 0 Å². The molecule has 7 nitrogen and oxygen atoms in total. The van der Waals surface area contributed by atoms with E-state index in [-0.39, 0.29) is 27.1 Å². The fourth-order valence-electron chi connectivity index (χ4n) is 3.79. The summed E-state index contributed by atoms with van der Waals surface area (Å²) < 4.78 is 27.9. The molecule has 0 unspecified atom stereocenters. The molecular formula is C24H22ClN3O4S. The molecule has 3 aromatic rings. The second-order valence-electron chi connectivity index (χ2n) is 7.82. The Morgan fingerprint density at radius 3 is 2.21 bits per heavy atom. The van der Waals surface area contributed by atoms with Gasteiger partial charge in [0.05, 0.1) is 21.0 Å². The van der Waals surface area contributed by atoms with Gasteiger partial charge in [-0.05, 0) is 48.7 Å². The SMILES string of the molecule is O=C(NNC(=O)C1(c2ccccc2)CCC1)c1cccc(S(=O)(=O)Nc2ccccc2Cl)c1. The van der Waals surface area contributed by atoms with Crippen LogP contribution in [0.4, 0.5) is 5.69 Å². The normalized spacial score (nSPS) is 14.6. The zero-order valence-corrected chi connectivity index (χ0v) is 19.1. The summed E-state index contributed by atoms with van der Waals surface area (Å²) in [6.07, 6.45) is 2.31. The van der Waals surface area contributed by atoms with Gasteiger partial charge in [0, 0.05) is 5.56 Å². The molecule has 1 aliphatic carbocycles. The van der Waals surface area contributed by atoms with E-state index in [9.17, 15) is 18.0 Å². The highest BCUT2D eigenvalue weighted by molar-refractivity contribution is 7.92. The predicted octanol–water partition coefficient (Wildman–Crippen LogP) is 4.02. The van der Waals surface area contributed by atoms with E-state index in [1.54, 1.807) is 18.2 Å². The van der Waals surface area contributed by atoms with Crippen molar-refractivity contribution in [2.45, 2.75) is 29.6 Å². The lowest BCUT2D eigenvalue weighted by atomic mass is 9.64. The van der Waals surface area contributed by atoms with Gasteiger partial charge in [0.2, 0.25) is 5.91 Å². The summed E-state index contributed by atoms with van der Waals surface area (Å²) in [5.41, 5.74) is 5.46. The maximum Gasteiger partial charge on any atom is 0.269 e. The summed E-state index contributed by atoms with van der Waals surface area (Å²) in [4.78, 5) is 25.4. The minimum absolute atomic E-state index is 0.0831. The molecule has 0 radical (unpaired) electrons. The minimum Gasteiger partial charge on any atom is -0.278 e. The lowest BCUT2D eigenvalue weighted by molar-refractivity contribution is -0.130. The second-order valence-corrected chi connectivity index (χ2v) is 9.91. The molecule has 0 spiro atoms.